The normalized spacial score (nSPS) is 25.1. The molecule has 3 rings (SSSR count). The number of morpholine rings is 1. The first-order valence-corrected chi connectivity index (χ1v) is 10.1. The van der Waals surface area contributed by atoms with E-state index in [4.69, 9.17) is 14.2 Å². The molecule has 2 aliphatic heterocycles. The van der Waals surface area contributed by atoms with Crippen LogP contribution in [0.5, 0.6) is 11.5 Å². The van der Waals surface area contributed by atoms with Crippen LogP contribution < -0.4 is 20.1 Å². The smallest absolute Gasteiger partial charge is 0.191 e. The minimum Gasteiger partial charge on any atom is -0.486 e. The van der Waals surface area contributed by atoms with Crippen LogP contribution in [0.4, 0.5) is 0 Å². The van der Waals surface area contributed by atoms with Gasteiger partial charge in [0.05, 0.1) is 18.8 Å². The highest BCUT2D eigenvalue weighted by molar-refractivity contribution is 14.0. The molecule has 0 aliphatic carbocycles. The van der Waals surface area contributed by atoms with Crippen LogP contribution in [0, 0.1) is 0 Å². The Labute approximate surface area is 191 Å². The quantitative estimate of drug-likeness (QED) is 0.355. The van der Waals surface area contributed by atoms with Gasteiger partial charge in [0, 0.05) is 32.2 Å². The average molecular weight is 518 g/mol. The average Bonchev–Trinajstić information content (AvgIpc) is 2.67. The van der Waals surface area contributed by atoms with Gasteiger partial charge in [-0.05, 0) is 39.8 Å². The molecule has 2 N–H and O–H groups in total. The molecule has 7 nitrogen and oxygen atoms in total. The highest BCUT2D eigenvalue weighted by Crippen LogP contribution is 2.30. The van der Waals surface area contributed by atoms with Crippen molar-refractivity contribution in [3.63, 3.8) is 0 Å². The summed E-state index contributed by atoms with van der Waals surface area (Å²) in [6, 6.07) is 7.76. The number of nitrogens with one attached hydrogen (secondary N) is 2. The lowest BCUT2D eigenvalue weighted by Crippen LogP contribution is -2.59. The zero-order valence-electron chi connectivity index (χ0n) is 18.1. The van der Waals surface area contributed by atoms with Gasteiger partial charge in [-0.2, -0.15) is 0 Å². The Morgan fingerprint density at radius 2 is 1.79 bits per heavy atom. The van der Waals surface area contributed by atoms with Crippen LogP contribution in [-0.4, -0.2) is 74.5 Å². The first-order valence-electron chi connectivity index (χ1n) is 10.1. The van der Waals surface area contributed by atoms with Crippen LogP contribution in [0.15, 0.2) is 29.3 Å². The summed E-state index contributed by atoms with van der Waals surface area (Å²) in [5.41, 5.74) is -0.00664. The molecule has 2 heterocycles. The molecule has 3 unspecified atom stereocenters. The van der Waals surface area contributed by atoms with Crippen molar-refractivity contribution in [1.29, 1.82) is 0 Å². The van der Waals surface area contributed by atoms with Crippen LogP contribution in [0.2, 0.25) is 0 Å². The van der Waals surface area contributed by atoms with Crippen molar-refractivity contribution in [2.24, 2.45) is 4.99 Å². The third-order valence-corrected chi connectivity index (χ3v) is 5.25. The minimum absolute atomic E-state index is 0. The second-order valence-electron chi connectivity index (χ2n) is 8.28. The van der Waals surface area contributed by atoms with Crippen molar-refractivity contribution in [3.05, 3.63) is 24.3 Å². The molecule has 1 aromatic carbocycles. The fourth-order valence-electron chi connectivity index (χ4n) is 3.68. The van der Waals surface area contributed by atoms with E-state index < -0.39 is 0 Å². The van der Waals surface area contributed by atoms with Crippen LogP contribution in [0.3, 0.4) is 0 Å². The van der Waals surface area contributed by atoms with Gasteiger partial charge in [0.2, 0.25) is 0 Å². The van der Waals surface area contributed by atoms with Crippen molar-refractivity contribution in [3.8, 4) is 11.5 Å². The summed E-state index contributed by atoms with van der Waals surface area (Å²) in [6.45, 7) is 12.6. The molecule has 2 aliphatic rings. The number of aliphatic imine (C=N–C) groups is 1. The first-order chi connectivity index (χ1) is 13.4. The summed E-state index contributed by atoms with van der Waals surface area (Å²) in [6.07, 6.45) is 0.459. The number of hydrogen-bond donors (Lipinski definition) is 2. The van der Waals surface area contributed by atoms with Gasteiger partial charge in [-0.15, -0.1) is 24.0 Å². The highest BCUT2D eigenvalue weighted by atomic mass is 127. The third-order valence-electron chi connectivity index (χ3n) is 5.25. The van der Waals surface area contributed by atoms with Crippen LogP contribution >= 0.6 is 24.0 Å². The fourth-order valence-corrected chi connectivity index (χ4v) is 3.68. The van der Waals surface area contributed by atoms with Gasteiger partial charge in [0.1, 0.15) is 12.7 Å². The van der Waals surface area contributed by atoms with Crippen LogP contribution in [-0.2, 0) is 4.74 Å². The van der Waals surface area contributed by atoms with E-state index >= 15 is 0 Å². The Morgan fingerprint density at radius 3 is 2.45 bits per heavy atom. The largest absolute Gasteiger partial charge is 0.486 e. The number of hydrogen-bond acceptors (Lipinski definition) is 5. The molecule has 0 spiro atoms. The summed E-state index contributed by atoms with van der Waals surface area (Å²) in [4.78, 5) is 6.84. The summed E-state index contributed by atoms with van der Waals surface area (Å²) in [7, 11) is 1.79. The van der Waals surface area contributed by atoms with E-state index in [9.17, 15) is 0 Å². The molecule has 1 saturated heterocycles. The van der Waals surface area contributed by atoms with Gasteiger partial charge < -0.3 is 24.8 Å². The number of nitrogens with zero attached hydrogens (tertiary/aromatic N) is 2. The van der Waals surface area contributed by atoms with Crippen LogP contribution in [0.25, 0.3) is 0 Å². The van der Waals surface area contributed by atoms with E-state index in [1.54, 1.807) is 7.05 Å². The molecule has 0 radical (unpaired) electrons. The van der Waals surface area contributed by atoms with Crippen molar-refractivity contribution >= 4 is 29.9 Å². The molecular weight excluding hydrogens is 483 g/mol. The molecule has 29 heavy (non-hydrogen) atoms. The van der Waals surface area contributed by atoms with Crippen molar-refractivity contribution in [1.82, 2.24) is 15.5 Å². The maximum Gasteiger partial charge on any atom is 0.191 e. The molecule has 1 aromatic rings. The Kier molecular flexibility index (Phi) is 8.84. The van der Waals surface area contributed by atoms with Crippen molar-refractivity contribution < 1.29 is 14.2 Å². The number of para-hydroxylation sites is 2. The van der Waals surface area contributed by atoms with Gasteiger partial charge in [0.15, 0.2) is 17.5 Å². The number of guanidine groups is 1. The predicted octanol–water partition coefficient (Wildman–Crippen LogP) is 2.50. The second-order valence-corrected chi connectivity index (χ2v) is 8.28. The van der Waals surface area contributed by atoms with Gasteiger partial charge in [-0.3, -0.25) is 9.89 Å². The highest BCUT2D eigenvalue weighted by Gasteiger charge is 2.33. The topological polar surface area (TPSA) is 67.4 Å². The molecule has 0 amide bonds. The summed E-state index contributed by atoms with van der Waals surface area (Å²) in [5.74, 6) is 2.36. The van der Waals surface area contributed by atoms with Gasteiger partial charge in [0.25, 0.3) is 0 Å². The van der Waals surface area contributed by atoms with E-state index in [1.807, 2.05) is 24.3 Å². The van der Waals surface area contributed by atoms with E-state index in [2.05, 4.69) is 48.2 Å². The van der Waals surface area contributed by atoms with E-state index in [-0.39, 0.29) is 47.8 Å². The number of fused-ring (bicyclic) bond motifs is 1. The lowest BCUT2D eigenvalue weighted by Gasteiger charge is -2.45. The van der Waals surface area contributed by atoms with E-state index in [0.29, 0.717) is 13.2 Å². The Balaban J connectivity index is 0.00000300. The van der Waals surface area contributed by atoms with Gasteiger partial charge in [-0.1, -0.05) is 12.1 Å². The van der Waals surface area contributed by atoms with Gasteiger partial charge >= 0.3 is 0 Å². The third kappa shape index (κ3) is 6.62. The maximum atomic E-state index is 6.00. The fraction of sp³-hybridized carbons (Fsp3) is 0.667. The molecule has 0 bridgehead atoms. The van der Waals surface area contributed by atoms with Crippen molar-refractivity contribution in [2.45, 2.75) is 51.5 Å². The molecule has 8 heteroatoms. The van der Waals surface area contributed by atoms with Crippen LogP contribution in [0.1, 0.15) is 27.7 Å². The first kappa shape index (κ1) is 24.0. The number of benzene rings is 1. The monoisotopic (exact) mass is 518 g/mol. The summed E-state index contributed by atoms with van der Waals surface area (Å²) < 4.78 is 17.6. The molecule has 164 valence electrons. The molecule has 1 fully saturated rings. The molecule has 0 aromatic heterocycles. The number of rotatable bonds is 5. The SMILES string of the molecule is CN=C(NCC1COc2ccccc2O1)NCC(C)(C)N1CC(C)OC(C)C1.I. The van der Waals surface area contributed by atoms with Crippen molar-refractivity contribution in [2.75, 3.05) is 39.8 Å². The van der Waals surface area contributed by atoms with E-state index in [1.165, 1.54) is 0 Å². The number of halogens is 1. The second kappa shape index (κ2) is 10.7. The molecule has 3 atom stereocenters. The standard InChI is InChI=1S/C21H34N4O3.HI/c1-15-11-25(12-16(2)27-15)21(3,4)14-24-20(22-5)23-10-17-13-26-18-8-6-7-9-19(18)28-17;/h6-9,15-17H,10-14H2,1-5H3,(H2,22,23,24);1H. The minimum atomic E-state index is -0.0533. The molecule has 0 saturated carbocycles. The van der Waals surface area contributed by atoms with E-state index in [0.717, 1.165) is 37.1 Å². The zero-order valence-corrected chi connectivity index (χ0v) is 20.4. The Morgan fingerprint density at radius 1 is 1.14 bits per heavy atom. The number of ether oxygens (including phenoxy) is 3. The zero-order chi connectivity index (χ0) is 20.1. The Hall–Kier alpha value is -1.26. The summed E-state index contributed by atoms with van der Waals surface area (Å²) >= 11 is 0. The lowest BCUT2D eigenvalue weighted by atomic mass is 10.00. The Bertz CT molecular complexity index is 676. The summed E-state index contributed by atoms with van der Waals surface area (Å²) in [5, 5.41) is 6.81. The maximum absolute atomic E-state index is 6.00. The van der Waals surface area contributed by atoms with Gasteiger partial charge in [-0.25, -0.2) is 0 Å². The lowest BCUT2D eigenvalue weighted by molar-refractivity contribution is -0.0946. The molecular formula is C21H35IN4O3. The predicted molar refractivity (Wildman–Crippen MR) is 127 cm³/mol.